The Kier molecular flexibility index (Phi) is 4.25. The second-order valence-corrected chi connectivity index (χ2v) is 3.81. The summed E-state index contributed by atoms with van der Waals surface area (Å²) in [7, 11) is 0. The molecule has 0 bridgehead atoms. The van der Waals surface area contributed by atoms with Crippen molar-refractivity contribution in [1.29, 1.82) is 0 Å². The molecular weight excluding hydrogens is 232 g/mol. The second kappa shape index (κ2) is 5.46. The Labute approximate surface area is 97.3 Å². The summed E-state index contributed by atoms with van der Waals surface area (Å²) in [5, 5.41) is 11.2. The van der Waals surface area contributed by atoms with Gasteiger partial charge in [-0.25, -0.2) is 0 Å². The van der Waals surface area contributed by atoms with Gasteiger partial charge in [-0.3, -0.25) is 14.9 Å². The molecular formula is C10H11ClN2O3. The van der Waals surface area contributed by atoms with Gasteiger partial charge in [0.25, 0.3) is 5.69 Å². The molecule has 6 heteroatoms. The standard InChI is InChI=1S/C9H8ClNO2.CH3NO/c10-7-3-4-9(11(12)13)8(5-7)6-1-2-6;2-1-3/h3-6H,1-2H2;1H,(H2,2,3). The first kappa shape index (κ1) is 12.4. The van der Waals surface area contributed by atoms with Crippen LogP contribution in [0, 0.1) is 10.1 Å². The van der Waals surface area contributed by atoms with E-state index < -0.39 is 0 Å². The normalized spacial score (nSPS) is 13.6. The molecule has 16 heavy (non-hydrogen) atoms. The van der Waals surface area contributed by atoms with Crippen molar-refractivity contribution in [3.8, 4) is 0 Å². The topological polar surface area (TPSA) is 86.2 Å². The minimum absolute atomic E-state index is 0.201. The number of hydrogen-bond donors (Lipinski definition) is 1. The van der Waals surface area contributed by atoms with E-state index in [2.05, 4.69) is 5.73 Å². The molecule has 1 amide bonds. The first-order valence-electron chi connectivity index (χ1n) is 4.69. The first-order valence-corrected chi connectivity index (χ1v) is 5.07. The number of rotatable bonds is 2. The molecule has 0 saturated heterocycles. The van der Waals surface area contributed by atoms with E-state index in [1.165, 1.54) is 6.07 Å². The molecule has 2 N–H and O–H groups in total. The Morgan fingerprint density at radius 1 is 1.50 bits per heavy atom. The highest BCUT2D eigenvalue weighted by Gasteiger charge is 2.30. The van der Waals surface area contributed by atoms with Crippen molar-refractivity contribution in [1.82, 2.24) is 0 Å². The molecule has 1 aromatic carbocycles. The Morgan fingerprint density at radius 2 is 2.06 bits per heavy atom. The maximum atomic E-state index is 10.6. The summed E-state index contributed by atoms with van der Waals surface area (Å²) in [6.45, 7) is 0. The number of benzene rings is 1. The Bertz CT molecular complexity index is 405. The minimum Gasteiger partial charge on any atom is -0.372 e. The lowest BCUT2D eigenvalue weighted by molar-refractivity contribution is -0.385. The maximum Gasteiger partial charge on any atom is 0.272 e. The van der Waals surface area contributed by atoms with Gasteiger partial charge in [0.2, 0.25) is 6.41 Å². The van der Waals surface area contributed by atoms with Crippen LogP contribution in [0.1, 0.15) is 24.3 Å². The number of nitro groups is 1. The fourth-order valence-electron chi connectivity index (χ4n) is 1.41. The Morgan fingerprint density at radius 3 is 2.50 bits per heavy atom. The maximum absolute atomic E-state index is 10.6. The summed E-state index contributed by atoms with van der Waals surface area (Å²) in [4.78, 5) is 18.9. The van der Waals surface area contributed by atoms with Crippen LogP contribution in [0.25, 0.3) is 0 Å². The lowest BCUT2D eigenvalue weighted by Gasteiger charge is -2.00. The highest BCUT2D eigenvalue weighted by molar-refractivity contribution is 6.30. The number of halogens is 1. The SMILES string of the molecule is NC=O.O=[N+]([O-])c1ccc(Cl)cc1C1CC1. The van der Waals surface area contributed by atoms with Gasteiger partial charge in [-0.05, 0) is 30.9 Å². The summed E-state index contributed by atoms with van der Waals surface area (Å²) >= 11 is 5.77. The first-order chi connectivity index (χ1) is 7.60. The lowest BCUT2D eigenvalue weighted by Crippen LogP contribution is -1.93. The molecule has 0 aromatic heterocycles. The zero-order valence-corrected chi connectivity index (χ0v) is 9.18. The lowest BCUT2D eigenvalue weighted by atomic mass is 10.1. The van der Waals surface area contributed by atoms with Gasteiger partial charge in [-0.15, -0.1) is 0 Å². The predicted octanol–water partition coefficient (Wildman–Crippen LogP) is 2.23. The van der Waals surface area contributed by atoms with Crippen LogP contribution in [0.15, 0.2) is 18.2 Å². The number of amides is 1. The third kappa shape index (κ3) is 3.20. The molecule has 1 aromatic rings. The summed E-state index contributed by atoms with van der Waals surface area (Å²) < 4.78 is 0. The number of carbonyl (C=O) groups is 1. The van der Waals surface area contributed by atoms with Crippen LogP contribution in [0.2, 0.25) is 5.02 Å². The Hall–Kier alpha value is -1.62. The predicted molar refractivity (Wildman–Crippen MR) is 60.3 cm³/mol. The molecule has 0 aliphatic heterocycles. The second-order valence-electron chi connectivity index (χ2n) is 3.37. The molecule has 5 nitrogen and oxygen atoms in total. The molecule has 0 heterocycles. The van der Waals surface area contributed by atoms with Crippen LogP contribution in [0.5, 0.6) is 0 Å². The van der Waals surface area contributed by atoms with Gasteiger partial charge in [-0.2, -0.15) is 0 Å². The smallest absolute Gasteiger partial charge is 0.272 e. The van der Waals surface area contributed by atoms with E-state index in [1.807, 2.05) is 0 Å². The Balaban J connectivity index is 0.000000386. The molecule has 1 saturated carbocycles. The van der Waals surface area contributed by atoms with Gasteiger partial charge < -0.3 is 5.73 Å². The molecule has 0 unspecified atom stereocenters. The van der Waals surface area contributed by atoms with E-state index in [1.54, 1.807) is 12.1 Å². The summed E-state index contributed by atoms with van der Waals surface area (Å²) in [5.41, 5.74) is 5.16. The molecule has 86 valence electrons. The number of nitro benzene ring substituents is 1. The van der Waals surface area contributed by atoms with Crippen molar-refractivity contribution in [2.45, 2.75) is 18.8 Å². The van der Waals surface area contributed by atoms with E-state index in [0.29, 0.717) is 10.9 Å². The number of carbonyl (C=O) groups excluding carboxylic acids is 1. The highest BCUT2D eigenvalue weighted by Crippen LogP contribution is 2.44. The van der Waals surface area contributed by atoms with Crippen molar-refractivity contribution >= 4 is 23.7 Å². The monoisotopic (exact) mass is 242 g/mol. The zero-order valence-electron chi connectivity index (χ0n) is 8.43. The van der Waals surface area contributed by atoms with Crippen LogP contribution in [0.3, 0.4) is 0 Å². The van der Waals surface area contributed by atoms with E-state index >= 15 is 0 Å². The quantitative estimate of drug-likeness (QED) is 0.490. The summed E-state index contributed by atoms with van der Waals surface area (Å²) in [6.07, 6.45) is 2.34. The van der Waals surface area contributed by atoms with Gasteiger partial charge in [0.05, 0.1) is 4.92 Å². The van der Waals surface area contributed by atoms with Crippen molar-refractivity contribution in [3.63, 3.8) is 0 Å². The highest BCUT2D eigenvalue weighted by atomic mass is 35.5. The van der Waals surface area contributed by atoms with Crippen LogP contribution in [0.4, 0.5) is 5.69 Å². The average molecular weight is 243 g/mol. The zero-order chi connectivity index (χ0) is 12.1. The number of hydrogen-bond acceptors (Lipinski definition) is 3. The molecule has 1 aliphatic rings. The van der Waals surface area contributed by atoms with Crippen molar-refractivity contribution in [2.75, 3.05) is 0 Å². The van der Waals surface area contributed by atoms with Crippen LogP contribution < -0.4 is 5.73 Å². The van der Waals surface area contributed by atoms with Gasteiger partial charge in [0.15, 0.2) is 0 Å². The van der Waals surface area contributed by atoms with Crippen LogP contribution >= 0.6 is 11.6 Å². The van der Waals surface area contributed by atoms with E-state index in [4.69, 9.17) is 16.4 Å². The van der Waals surface area contributed by atoms with Gasteiger partial charge in [-0.1, -0.05) is 11.6 Å². The number of nitrogens with two attached hydrogens (primary N) is 1. The van der Waals surface area contributed by atoms with E-state index in [9.17, 15) is 10.1 Å². The van der Waals surface area contributed by atoms with Crippen molar-refractivity contribution in [3.05, 3.63) is 38.9 Å². The van der Waals surface area contributed by atoms with E-state index in [-0.39, 0.29) is 17.0 Å². The third-order valence-electron chi connectivity index (χ3n) is 2.20. The summed E-state index contributed by atoms with van der Waals surface area (Å²) in [6, 6.07) is 4.75. The minimum atomic E-state index is -0.343. The molecule has 1 aliphatic carbocycles. The molecule has 0 radical (unpaired) electrons. The van der Waals surface area contributed by atoms with Gasteiger partial charge in [0, 0.05) is 16.7 Å². The van der Waals surface area contributed by atoms with Crippen LogP contribution in [-0.2, 0) is 4.79 Å². The molecule has 0 atom stereocenters. The van der Waals surface area contributed by atoms with Gasteiger partial charge >= 0.3 is 0 Å². The van der Waals surface area contributed by atoms with E-state index in [0.717, 1.165) is 18.4 Å². The van der Waals surface area contributed by atoms with Gasteiger partial charge in [0.1, 0.15) is 0 Å². The summed E-state index contributed by atoms with van der Waals surface area (Å²) in [5.74, 6) is 0.360. The number of primary amides is 1. The number of nitrogens with zero attached hydrogens (tertiary/aromatic N) is 1. The van der Waals surface area contributed by atoms with Crippen LogP contribution in [-0.4, -0.2) is 11.3 Å². The molecule has 1 fully saturated rings. The molecule has 2 rings (SSSR count). The average Bonchev–Trinajstić information content (AvgIpc) is 3.01. The fraction of sp³-hybridized carbons (Fsp3) is 0.300. The molecule has 0 spiro atoms. The largest absolute Gasteiger partial charge is 0.372 e. The fourth-order valence-corrected chi connectivity index (χ4v) is 1.59. The van der Waals surface area contributed by atoms with Crippen molar-refractivity contribution < 1.29 is 9.72 Å². The van der Waals surface area contributed by atoms with Crippen molar-refractivity contribution in [2.24, 2.45) is 5.73 Å². The third-order valence-corrected chi connectivity index (χ3v) is 2.44.